The van der Waals surface area contributed by atoms with E-state index in [1.54, 1.807) is 4.88 Å². The van der Waals surface area contributed by atoms with Gasteiger partial charge in [-0.15, -0.1) is 11.3 Å². The van der Waals surface area contributed by atoms with Gasteiger partial charge in [0, 0.05) is 16.3 Å². The Morgan fingerprint density at radius 2 is 1.78 bits per heavy atom. The number of thiazole rings is 1. The first-order valence-corrected chi connectivity index (χ1v) is 7.88. The van der Waals surface area contributed by atoms with Crippen molar-refractivity contribution >= 4 is 11.3 Å². The fraction of sp³-hybridized carbons (Fsp3) is 0.800. The highest BCUT2D eigenvalue weighted by Crippen LogP contribution is 2.39. The SMILES string of the molecule is CNC1CCC(c2sc(C(C)(C)C)nc2C)CC1. The Labute approximate surface area is 115 Å². The first-order valence-electron chi connectivity index (χ1n) is 7.07. The van der Waals surface area contributed by atoms with Crippen LogP contribution in [0.4, 0.5) is 0 Å². The zero-order valence-electron chi connectivity index (χ0n) is 12.3. The third-order valence-electron chi connectivity index (χ3n) is 3.98. The van der Waals surface area contributed by atoms with Gasteiger partial charge in [0.25, 0.3) is 0 Å². The monoisotopic (exact) mass is 266 g/mol. The molecule has 0 bridgehead atoms. The van der Waals surface area contributed by atoms with Crippen LogP contribution < -0.4 is 5.32 Å². The van der Waals surface area contributed by atoms with Crippen molar-refractivity contribution in [1.82, 2.24) is 10.3 Å². The highest BCUT2D eigenvalue weighted by atomic mass is 32.1. The second-order valence-electron chi connectivity index (χ2n) is 6.56. The Kier molecular flexibility index (Phi) is 4.12. The first-order chi connectivity index (χ1) is 8.41. The summed E-state index contributed by atoms with van der Waals surface area (Å²) in [6, 6.07) is 0.733. The molecular weight excluding hydrogens is 240 g/mol. The van der Waals surface area contributed by atoms with Crippen molar-refractivity contribution in [3.8, 4) is 0 Å². The summed E-state index contributed by atoms with van der Waals surface area (Å²) >= 11 is 1.95. The van der Waals surface area contributed by atoms with Gasteiger partial charge >= 0.3 is 0 Å². The van der Waals surface area contributed by atoms with Crippen LogP contribution in [0.15, 0.2) is 0 Å². The van der Waals surface area contributed by atoms with E-state index < -0.39 is 0 Å². The summed E-state index contributed by atoms with van der Waals surface area (Å²) in [7, 11) is 2.08. The van der Waals surface area contributed by atoms with Gasteiger partial charge in [0.15, 0.2) is 0 Å². The molecule has 3 heteroatoms. The van der Waals surface area contributed by atoms with Gasteiger partial charge in [-0.1, -0.05) is 20.8 Å². The Hall–Kier alpha value is -0.410. The van der Waals surface area contributed by atoms with Gasteiger partial charge in [-0.2, -0.15) is 0 Å². The Balaban J connectivity index is 2.12. The minimum absolute atomic E-state index is 0.190. The van der Waals surface area contributed by atoms with Crippen LogP contribution >= 0.6 is 11.3 Å². The summed E-state index contributed by atoms with van der Waals surface area (Å²) in [4.78, 5) is 6.35. The third-order valence-corrected chi connectivity index (χ3v) is 5.73. The number of nitrogens with one attached hydrogen (secondary N) is 1. The van der Waals surface area contributed by atoms with Crippen LogP contribution in [-0.2, 0) is 5.41 Å². The minimum atomic E-state index is 0.190. The molecule has 1 aliphatic rings. The molecule has 0 spiro atoms. The number of hydrogen-bond donors (Lipinski definition) is 1. The topological polar surface area (TPSA) is 24.9 Å². The van der Waals surface area contributed by atoms with Crippen molar-refractivity contribution in [1.29, 1.82) is 0 Å². The van der Waals surface area contributed by atoms with E-state index in [4.69, 9.17) is 4.98 Å². The number of hydrogen-bond acceptors (Lipinski definition) is 3. The summed E-state index contributed by atoms with van der Waals surface area (Å²) in [5.74, 6) is 0.753. The van der Waals surface area contributed by atoms with Crippen LogP contribution in [0.1, 0.15) is 68.0 Å². The zero-order chi connectivity index (χ0) is 13.3. The van der Waals surface area contributed by atoms with Gasteiger partial charge in [0.2, 0.25) is 0 Å². The first kappa shape index (κ1) is 14.0. The van der Waals surface area contributed by atoms with Crippen LogP contribution in [0, 0.1) is 6.92 Å². The summed E-state index contributed by atoms with van der Waals surface area (Å²) in [6.07, 6.45) is 5.25. The predicted octanol–water partition coefficient (Wildman–Crippen LogP) is 3.99. The van der Waals surface area contributed by atoms with Gasteiger partial charge in [-0.05, 0) is 45.6 Å². The van der Waals surface area contributed by atoms with Crippen molar-refractivity contribution in [2.24, 2.45) is 0 Å². The normalized spacial score (nSPS) is 25.4. The number of rotatable bonds is 2. The Bertz CT molecular complexity index is 395. The van der Waals surface area contributed by atoms with E-state index in [9.17, 15) is 0 Å². The van der Waals surface area contributed by atoms with Crippen LogP contribution in [0.2, 0.25) is 0 Å². The molecule has 1 heterocycles. The van der Waals surface area contributed by atoms with E-state index in [1.807, 2.05) is 11.3 Å². The fourth-order valence-corrected chi connectivity index (χ4v) is 4.04. The van der Waals surface area contributed by atoms with Crippen molar-refractivity contribution in [2.45, 2.75) is 70.8 Å². The highest BCUT2D eigenvalue weighted by Gasteiger charge is 2.27. The zero-order valence-corrected chi connectivity index (χ0v) is 13.2. The fourth-order valence-electron chi connectivity index (χ4n) is 2.75. The lowest BCUT2D eigenvalue weighted by Crippen LogP contribution is -2.29. The second kappa shape index (κ2) is 5.30. The summed E-state index contributed by atoms with van der Waals surface area (Å²) < 4.78 is 0. The number of aromatic nitrogens is 1. The summed E-state index contributed by atoms with van der Waals surface area (Å²) in [5.41, 5.74) is 1.47. The molecular formula is C15H26N2S. The molecule has 2 nitrogen and oxygen atoms in total. The predicted molar refractivity (Wildman–Crippen MR) is 79.6 cm³/mol. The molecule has 0 saturated heterocycles. The average Bonchev–Trinajstić information content (AvgIpc) is 2.71. The molecule has 0 unspecified atom stereocenters. The molecule has 0 radical (unpaired) electrons. The molecule has 18 heavy (non-hydrogen) atoms. The van der Waals surface area contributed by atoms with Crippen molar-refractivity contribution < 1.29 is 0 Å². The molecule has 1 saturated carbocycles. The molecule has 0 atom stereocenters. The van der Waals surface area contributed by atoms with E-state index >= 15 is 0 Å². The quantitative estimate of drug-likeness (QED) is 0.875. The third kappa shape index (κ3) is 2.94. The van der Waals surface area contributed by atoms with Gasteiger partial charge in [-0.25, -0.2) is 4.98 Å². The molecule has 1 aromatic rings. The highest BCUT2D eigenvalue weighted by molar-refractivity contribution is 7.12. The van der Waals surface area contributed by atoms with E-state index in [-0.39, 0.29) is 5.41 Å². The number of nitrogens with zero attached hydrogens (tertiary/aromatic N) is 1. The molecule has 0 aromatic carbocycles. The molecule has 102 valence electrons. The van der Waals surface area contributed by atoms with E-state index in [2.05, 4.69) is 40.1 Å². The molecule has 0 amide bonds. The minimum Gasteiger partial charge on any atom is -0.317 e. The number of aryl methyl sites for hydroxylation is 1. The average molecular weight is 266 g/mol. The summed E-state index contributed by atoms with van der Waals surface area (Å²) in [5, 5.41) is 4.70. The molecule has 1 fully saturated rings. The molecule has 1 N–H and O–H groups in total. The van der Waals surface area contributed by atoms with Gasteiger partial charge in [0.1, 0.15) is 0 Å². The lowest BCUT2D eigenvalue weighted by Gasteiger charge is -2.27. The van der Waals surface area contributed by atoms with E-state index in [0.29, 0.717) is 0 Å². The molecule has 1 aromatic heterocycles. The van der Waals surface area contributed by atoms with Gasteiger partial charge < -0.3 is 5.32 Å². The van der Waals surface area contributed by atoms with Crippen LogP contribution in [0.25, 0.3) is 0 Å². The Morgan fingerprint density at radius 1 is 1.17 bits per heavy atom. The summed E-state index contributed by atoms with van der Waals surface area (Å²) in [6.45, 7) is 8.96. The smallest absolute Gasteiger partial charge is 0.0984 e. The maximum atomic E-state index is 4.80. The second-order valence-corrected chi connectivity index (χ2v) is 7.59. The molecule has 1 aliphatic carbocycles. The largest absolute Gasteiger partial charge is 0.317 e. The van der Waals surface area contributed by atoms with E-state index in [1.165, 1.54) is 36.4 Å². The standard InChI is InChI=1S/C15H26N2S/c1-10-13(18-14(17-10)15(2,3)4)11-6-8-12(16-5)9-7-11/h11-12,16H,6-9H2,1-5H3. The van der Waals surface area contributed by atoms with Crippen molar-refractivity contribution in [3.05, 3.63) is 15.6 Å². The van der Waals surface area contributed by atoms with Crippen molar-refractivity contribution in [2.75, 3.05) is 7.05 Å². The molecule has 2 rings (SSSR count). The van der Waals surface area contributed by atoms with Gasteiger partial charge in [-0.3, -0.25) is 0 Å². The van der Waals surface area contributed by atoms with Crippen LogP contribution in [-0.4, -0.2) is 18.1 Å². The van der Waals surface area contributed by atoms with E-state index in [0.717, 1.165) is 12.0 Å². The lowest BCUT2D eigenvalue weighted by atomic mass is 9.85. The van der Waals surface area contributed by atoms with Gasteiger partial charge in [0.05, 0.1) is 10.7 Å². The molecule has 0 aliphatic heterocycles. The van der Waals surface area contributed by atoms with Crippen LogP contribution in [0.5, 0.6) is 0 Å². The maximum absolute atomic E-state index is 4.80. The lowest BCUT2D eigenvalue weighted by molar-refractivity contribution is 0.360. The van der Waals surface area contributed by atoms with Crippen LogP contribution in [0.3, 0.4) is 0 Å². The van der Waals surface area contributed by atoms with Crippen molar-refractivity contribution in [3.63, 3.8) is 0 Å². The Morgan fingerprint density at radius 3 is 2.22 bits per heavy atom. The maximum Gasteiger partial charge on any atom is 0.0984 e.